The number of hydrogen-bond donors (Lipinski definition) is 3. The van der Waals surface area contributed by atoms with Gasteiger partial charge < -0.3 is 38.5 Å². The first-order valence-electron chi connectivity index (χ1n) is 13.7. The van der Waals surface area contributed by atoms with Gasteiger partial charge in [-0.05, 0) is 35.9 Å². The quantitative estimate of drug-likeness (QED) is 0.198. The maximum Gasteiger partial charge on any atom is 0.197 e. The van der Waals surface area contributed by atoms with E-state index >= 15 is 0 Å². The van der Waals surface area contributed by atoms with Crippen molar-refractivity contribution < 1.29 is 38.5 Å². The highest BCUT2D eigenvalue weighted by molar-refractivity contribution is 5.86. The average Bonchev–Trinajstić information content (AvgIpc) is 3.48. The first-order valence-corrected chi connectivity index (χ1v) is 13.7. The third-order valence-electron chi connectivity index (χ3n) is 7.43. The summed E-state index contributed by atoms with van der Waals surface area (Å²) < 4.78 is 29.9. The molecule has 1 aliphatic heterocycles. The summed E-state index contributed by atoms with van der Waals surface area (Å²) in [5.41, 5.74) is 2.30. The molecule has 2 atom stereocenters. The van der Waals surface area contributed by atoms with E-state index < -0.39 is 17.6 Å². The van der Waals surface area contributed by atoms with E-state index in [2.05, 4.69) is 5.16 Å². The molecule has 0 fully saturated rings. The number of phenols is 3. The third kappa shape index (κ3) is 4.92. The first kappa shape index (κ1) is 27.0. The number of phenolic OH excluding ortho intramolecular Hbond substituents is 3. The highest BCUT2D eigenvalue weighted by Crippen LogP contribution is 2.48. The molecular weight excluding hydrogens is 566 g/mol. The van der Waals surface area contributed by atoms with E-state index in [-0.39, 0.29) is 39.7 Å². The first-order chi connectivity index (χ1) is 21.4. The van der Waals surface area contributed by atoms with E-state index in [4.69, 9.17) is 23.2 Å². The molecule has 2 unspecified atom stereocenters. The molecule has 6 aromatic rings. The molecule has 0 amide bonds. The third-order valence-corrected chi connectivity index (χ3v) is 7.43. The highest BCUT2D eigenvalue weighted by atomic mass is 16.6. The van der Waals surface area contributed by atoms with Crippen molar-refractivity contribution in [3.8, 4) is 45.8 Å². The summed E-state index contributed by atoms with van der Waals surface area (Å²) in [6, 6.07) is 25.3. The standard InChI is InChI=1S/C34H25NO9/c1-40-29-13-20(7-9-24(29)37)33-34(23-16-22(44-35-23)11-18-5-3-2-4-6-18)42-27-10-8-19(12-30(27)43-33)28-17-26(39)32-25(38)14-21(36)15-31(32)41-28/h2-10,12-17,33-34,36-38H,11H2,1H3. The Kier molecular flexibility index (Phi) is 6.58. The van der Waals surface area contributed by atoms with Crippen molar-refractivity contribution >= 4 is 11.0 Å². The molecule has 0 radical (unpaired) electrons. The number of hydrogen-bond acceptors (Lipinski definition) is 10. The van der Waals surface area contributed by atoms with Crippen LogP contribution < -0.4 is 19.6 Å². The molecule has 4 aromatic carbocycles. The molecule has 2 aromatic heterocycles. The summed E-state index contributed by atoms with van der Waals surface area (Å²) in [4.78, 5) is 12.8. The van der Waals surface area contributed by atoms with Crippen LogP contribution in [0, 0.1) is 0 Å². The van der Waals surface area contributed by atoms with E-state index in [0.717, 1.165) is 11.6 Å². The van der Waals surface area contributed by atoms with Gasteiger partial charge >= 0.3 is 0 Å². The summed E-state index contributed by atoms with van der Waals surface area (Å²) >= 11 is 0. The predicted molar refractivity (Wildman–Crippen MR) is 158 cm³/mol. The Balaban J connectivity index is 1.28. The number of benzene rings is 4. The van der Waals surface area contributed by atoms with Crippen molar-refractivity contribution in [3.05, 3.63) is 124 Å². The number of aromatic hydroxyl groups is 3. The average molecular weight is 592 g/mol. The van der Waals surface area contributed by atoms with Crippen LogP contribution in [0.5, 0.6) is 34.5 Å². The van der Waals surface area contributed by atoms with Crippen molar-refractivity contribution in [2.75, 3.05) is 7.11 Å². The molecular formula is C34H25NO9. The molecule has 0 aliphatic carbocycles. The summed E-state index contributed by atoms with van der Waals surface area (Å²) in [5.74, 6) is 1.27. The normalized spacial score (nSPS) is 15.8. The number of nitrogens with zero attached hydrogens (tertiary/aromatic N) is 1. The zero-order chi connectivity index (χ0) is 30.4. The molecule has 1 aliphatic rings. The van der Waals surface area contributed by atoms with Crippen LogP contribution in [0.25, 0.3) is 22.3 Å². The summed E-state index contributed by atoms with van der Waals surface area (Å²) in [6.07, 6.45) is -0.911. The summed E-state index contributed by atoms with van der Waals surface area (Å²) in [7, 11) is 1.46. The van der Waals surface area contributed by atoms with Gasteiger partial charge in [0.1, 0.15) is 39.7 Å². The minimum Gasteiger partial charge on any atom is -0.508 e. The number of ether oxygens (including phenoxy) is 3. The predicted octanol–water partition coefficient (Wildman–Crippen LogP) is 6.42. The molecule has 220 valence electrons. The molecule has 44 heavy (non-hydrogen) atoms. The van der Waals surface area contributed by atoms with Crippen LogP contribution in [0.15, 0.2) is 105 Å². The second-order valence-corrected chi connectivity index (χ2v) is 10.4. The fourth-order valence-electron chi connectivity index (χ4n) is 5.32. The zero-order valence-electron chi connectivity index (χ0n) is 23.3. The number of rotatable bonds is 6. The fourth-order valence-corrected chi connectivity index (χ4v) is 5.32. The highest BCUT2D eigenvalue weighted by Gasteiger charge is 2.37. The molecule has 3 heterocycles. The Labute approximate surface area is 249 Å². The summed E-state index contributed by atoms with van der Waals surface area (Å²) in [6.45, 7) is 0. The minimum absolute atomic E-state index is 0.0257. The Hall–Kier alpha value is -5.90. The Morgan fingerprint density at radius 3 is 2.45 bits per heavy atom. The number of aromatic nitrogens is 1. The molecule has 7 rings (SSSR count). The van der Waals surface area contributed by atoms with E-state index in [9.17, 15) is 20.1 Å². The van der Waals surface area contributed by atoms with Crippen LogP contribution >= 0.6 is 0 Å². The van der Waals surface area contributed by atoms with Gasteiger partial charge in [-0.15, -0.1) is 0 Å². The van der Waals surface area contributed by atoms with Crippen molar-refractivity contribution in [1.29, 1.82) is 0 Å². The van der Waals surface area contributed by atoms with Crippen LogP contribution in [0.4, 0.5) is 0 Å². The van der Waals surface area contributed by atoms with Crippen molar-refractivity contribution in [2.24, 2.45) is 0 Å². The molecule has 10 nitrogen and oxygen atoms in total. The second kappa shape index (κ2) is 10.7. The largest absolute Gasteiger partial charge is 0.508 e. The van der Waals surface area contributed by atoms with E-state index in [0.29, 0.717) is 40.5 Å². The van der Waals surface area contributed by atoms with Gasteiger partial charge in [0.15, 0.2) is 40.6 Å². The van der Waals surface area contributed by atoms with Crippen LogP contribution in [-0.4, -0.2) is 27.6 Å². The van der Waals surface area contributed by atoms with Gasteiger partial charge in [0.2, 0.25) is 0 Å². The van der Waals surface area contributed by atoms with Gasteiger partial charge in [-0.3, -0.25) is 4.79 Å². The van der Waals surface area contributed by atoms with Crippen molar-refractivity contribution in [1.82, 2.24) is 5.16 Å². The van der Waals surface area contributed by atoms with Gasteiger partial charge in [0.05, 0.1) is 7.11 Å². The maximum absolute atomic E-state index is 12.8. The fraction of sp³-hybridized carbons (Fsp3) is 0.118. The molecule has 3 N–H and O–H groups in total. The Morgan fingerprint density at radius 2 is 1.64 bits per heavy atom. The SMILES string of the molecule is COc1cc(C2Oc3cc(-c4cc(=O)c5c(O)cc(O)cc5o4)ccc3OC2c2cc(Cc3ccccc3)on2)ccc1O. The second-order valence-electron chi connectivity index (χ2n) is 10.4. The van der Waals surface area contributed by atoms with Crippen LogP contribution in [0.1, 0.15) is 34.8 Å². The van der Waals surface area contributed by atoms with Gasteiger partial charge in [-0.1, -0.05) is 41.6 Å². The molecule has 10 heteroatoms. The van der Waals surface area contributed by atoms with E-state index in [1.165, 1.54) is 25.3 Å². The minimum atomic E-state index is -0.737. The molecule has 0 saturated carbocycles. The maximum atomic E-state index is 12.8. The number of methoxy groups -OCH3 is 1. The lowest BCUT2D eigenvalue weighted by Crippen LogP contribution is -2.26. The van der Waals surface area contributed by atoms with Gasteiger partial charge in [-0.25, -0.2) is 0 Å². The van der Waals surface area contributed by atoms with Gasteiger partial charge in [0.25, 0.3) is 0 Å². The molecule has 0 bridgehead atoms. The van der Waals surface area contributed by atoms with E-state index in [1.54, 1.807) is 30.3 Å². The number of fused-ring (bicyclic) bond motifs is 2. The topological polar surface area (TPSA) is 145 Å². The smallest absolute Gasteiger partial charge is 0.197 e. The summed E-state index contributed by atoms with van der Waals surface area (Å²) in [5, 5.41) is 34.6. The Bertz CT molecular complexity index is 2070. The monoisotopic (exact) mass is 591 g/mol. The lowest BCUT2D eigenvalue weighted by molar-refractivity contribution is 0.0142. The van der Waals surface area contributed by atoms with Crippen LogP contribution in [0.3, 0.4) is 0 Å². The van der Waals surface area contributed by atoms with Crippen molar-refractivity contribution in [3.63, 3.8) is 0 Å². The zero-order valence-corrected chi connectivity index (χ0v) is 23.3. The molecule has 0 spiro atoms. The van der Waals surface area contributed by atoms with Gasteiger partial charge in [-0.2, -0.15) is 0 Å². The van der Waals surface area contributed by atoms with Crippen molar-refractivity contribution in [2.45, 2.75) is 18.6 Å². The van der Waals surface area contributed by atoms with Gasteiger partial charge in [0, 0.05) is 41.8 Å². The molecule has 0 saturated heterocycles. The Morgan fingerprint density at radius 1 is 0.818 bits per heavy atom. The van der Waals surface area contributed by atoms with E-state index in [1.807, 2.05) is 36.4 Å². The lowest BCUT2D eigenvalue weighted by atomic mass is 9.98. The lowest BCUT2D eigenvalue weighted by Gasteiger charge is -2.33. The van der Waals surface area contributed by atoms with Crippen LogP contribution in [0.2, 0.25) is 0 Å². The van der Waals surface area contributed by atoms with Crippen LogP contribution in [-0.2, 0) is 6.42 Å².